The second kappa shape index (κ2) is 5.00. The summed E-state index contributed by atoms with van der Waals surface area (Å²) in [5.74, 6) is 1.17. The first-order valence-electron chi connectivity index (χ1n) is 6.52. The standard InChI is InChI=1S/C14H19NO4/c1-14(2)18-7-11(8-19-14)15-6-10-3-4-12-13(5-10)17-9-16-12/h3-5,11,15H,6-9H2,1-2H3. The Morgan fingerprint density at radius 1 is 1.16 bits per heavy atom. The van der Waals surface area contributed by atoms with Crippen LogP contribution in [0.2, 0.25) is 0 Å². The lowest BCUT2D eigenvalue weighted by Crippen LogP contribution is -2.48. The third kappa shape index (κ3) is 3.00. The molecule has 0 atom stereocenters. The highest BCUT2D eigenvalue weighted by atomic mass is 16.7. The van der Waals surface area contributed by atoms with Gasteiger partial charge >= 0.3 is 0 Å². The van der Waals surface area contributed by atoms with Crippen LogP contribution in [-0.2, 0) is 16.0 Å². The van der Waals surface area contributed by atoms with Gasteiger partial charge in [-0.15, -0.1) is 0 Å². The smallest absolute Gasteiger partial charge is 0.231 e. The van der Waals surface area contributed by atoms with E-state index in [0.717, 1.165) is 23.6 Å². The van der Waals surface area contributed by atoms with E-state index in [1.165, 1.54) is 0 Å². The largest absolute Gasteiger partial charge is 0.454 e. The third-order valence-electron chi connectivity index (χ3n) is 3.30. The van der Waals surface area contributed by atoms with Crippen molar-refractivity contribution in [1.29, 1.82) is 0 Å². The summed E-state index contributed by atoms with van der Waals surface area (Å²) in [6.45, 7) is 6.26. The third-order valence-corrected chi connectivity index (χ3v) is 3.30. The summed E-state index contributed by atoms with van der Waals surface area (Å²) >= 11 is 0. The molecule has 1 aromatic carbocycles. The van der Waals surface area contributed by atoms with E-state index in [4.69, 9.17) is 18.9 Å². The first-order chi connectivity index (χ1) is 9.12. The summed E-state index contributed by atoms with van der Waals surface area (Å²) in [6, 6.07) is 6.20. The van der Waals surface area contributed by atoms with E-state index in [2.05, 4.69) is 5.32 Å². The van der Waals surface area contributed by atoms with E-state index in [1.54, 1.807) is 0 Å². The maximum absolute atomic E-state index is 5.61. The molecule has 0 aromatic heterocycles. The van der Waals surface area contributed by atoms with Gasteiger partial charge < -0.3 is 24.3 Å². The van der Waals surface area contributed by atoms with Crippen molar-refractivity contribution in [2.45, 2.75) is 32.2 Å². The topological polar surface area (TPSA) is 49.0 Å². The zero-order valence-corrected chi connectivity index (χ0v) is 11.3. The van der Waals surface area contributed by atoms with Crippen molar-refractivity contribution in [3.8, 4) is 11.5 Å². The Hall–Kier alpha value is -1.30. The SMILES string of the molecule is CC1(C)OCC(NCc2ccc3c(c2)OCO3)CO1. The minimum Gasteiger partial charge on any atom is -0.454 e. The number of ether oxygens (including phenoxy) is 4. The predicted molar refractivity (Wildman–Crippen MR) is 69.2 cm³/mol. The molecule has 3 rings (SSSR count). The van der Waals surface area contributed by atoms with Crippen LogP contribution in [-0.4, -0.2) is 31.8 Å². The maximum atomic E-state index is 5.61. The molecule has 2 aliphatic heterocycles. The molecule has 2 heterocycles. The quantitative estimate of drug-likeness (QED) is 0.900. The molecule has 0 unspecified atom stereocenters. The fourth-order valence-electron chi connectivity index (χ4n) is 2.12. The van der Waals surface area contributed by atoms with E-state index >= 15 is 0 Å². The molecule has 1 fully saturated rings. The van der Waals surface area contributed by atoms with E-state index < -0.39 is 5.79 Å². The molecule has 0 spiro atoms. The van der Waals surface area contributed by atoms with Crippen LogP contribution in [0.1, 0.15) is 19.4 Å². The summed E-state index contributed by atoms with van der Waals surface area (Å²) in [5.41, 5.74) is 1.16. The maximum Gasteiger partial charge on any atom is 0.231 e. The van der Waals surface area contributed by atoms with Crippen LogP contribution in [0.3, 0.4) is 0 Å². The lowest BCUT2D eigenvalue weighted by molar-refractivity contribution is -0.253. The Labute approximate surface area is 112 Å². The van der Waals surface area contributed by atoms with Crippen LogP contribution in [0.5, 0.6) is 11.5 Å². The molecule has 0 radical (unpaired) electrons. The molecule has 1 aromatic rings. The van der Waals surface area contributed by atoms with Crippen LogP contribution in [0.25, 0.3) is 0 Å². The molecule has 5 nitrogen and oxygen atoms in total. The monoisotopic (exact) mass is 265 g/mol. The average Bonchev–Trinajstić information content (AvgIpc) is 2.85. The Balaban J connectivity index is 1.53. The highest BCUT2D eigenvalue weighted by Gasteiger charge is 2.27. The van der Waals surface area contributed by atoms with Gasteiger partial charge in [0.1, 0.15) is 0 Å². The Morgan fingerprint density at radius 3 is 2.68 bits per heavy atom. The lowest BCUT2D eigenvalue weighted by atomic mass is 10.2. The fraction of sp³-hybridized carbons (Fsp3) is 0.571. The molecule has 0 amide bonds. The predicted octanol–water partition coefficient (Wildman–Crippen LogP) is 1.66. The van der Waals surface area contributed by atoms with Crippen molar-refractivity contribution < 1.29 is 18.9 Å². The first-order valence-corrected chi connectivity index (χ1v) is 6.52. The summed E-state index contributed by atoms with van der Waals surface area (Å²) < 4.78 is 21.9. The zero-order chi connectivity index (χ0) is 13.3. The Kier molecular flexibility index (Phi) is 3.35. The number of hydrogen-bond donors (Lipinski definition) is 1. The molecule has 19 heavy (non-hydrogen) atoms. The molecule has 0 bridgehead atoms. The van der Waals surface area contributed by atoms with Crippen LogP contribution in [0.4, 0.5) is 0 Å². The molecule has 104 valence electrons. The number of benzene rings is 1. The number of hydrogen-bond acceptors (Lipinski definition) is 5. The van der Waals surface area contributed by atoms with E-state index in [1.807, 2.05) is 32.0 Å². The van der Waals surface area contributed by atoms with Crippen molar-refractivity contribution in [1.82, 2.24) is 5.32 Å². The highest BCUT2D eigenvalue weighted by Crippen LogP contribution is 2.32. The van der Waals surface area contributed by atoms with Gasteiger partial charge in [0.05, 0.1) is 19.3 Å². The van der Waals surface area contributed by atoms with Gasteiger partial charge in [-0.1, -0.05) is 6.07 Å². The minimum absolute atomic E-state index is 0.221. The lowest BCUT2D eigenvalue weighted by Gasteiger charge is -2.35. The number of fused-ring (bicyclic) bond motifs is 1. The summed E-state index contributed by atoms with van der Waals surface area (Å²) in [5, 5.41) is 3.42. The van der Waals surface area contributed by atoms with Gasteiger partial charge in [0.15, 0.2) is 17.3 Å². The Morgan fingerprint density at radius 2 is 1.89 bits per heavy atom. The molecule has 2 aliphatic rings. The van der Waals surface area contributed by atoms with Crippen molar-refractivity contribution >= 4 is 0 Å². The first kappa shape index (κ1) is 12.7. The molecular formula is C14H19NO4. The second-order valence-electron chi connectivity index (χ2n) is 5.29. The van der Waals surface area contributed by atoms with Gasteiger partial charge in [0, 0.05) is 6.54 Å². The highest BCUT2D eigenvalue weighted by molar-refractivity contribution is 5.44. The Bertz CT molecular complexity index is 451. The average molecular weight is 265 g/mol. The van der Waals surface area contributed by atoms with E-state index in [9.17, 15) is 0 Å². The number of nitrogens with one attached hydrogen (secondary N) is 1. The van der Waals surface area contributed by atoms with Gasteiger partial charge in [-0.25, -0.2) is 0 Å². The summed E-state index contributed by atoms with van der Waals surface area (Å²) in [6.07, 6.45) is 0. The van der Waals surface area contributed by atoms with Crippen LogP contribution >= 0.6 is 0 Å². The van der Waals surface area contributed by atoms with Crippen molar-refractivity contribution in [2.75, 3.05) is 20.0 Å². The van der Waals surface area contributed by atoms with Gasteiger partial charge in [-0.05, 0) is 31.5 Å². The molecular weight excluding hydrogens is 246 g/mol. The van der Waals surface area contributed by atoms with Crippen molar-refractivity contribution in [2.24, 2.45) is 0 Å². The van der Waals surface area contributed by atoms with Gasteiger partial charge in [0.25, 0.3) is 0 Å². The fourth-order valence-corrected chi connectivity index (χ4v) is 2.12. The molecule has 0 saturated carbocycles. The van der Waals surface area contributed by atoms with Crippen molar-refractivity contribution in [3.05, 3.63) is 23.8 Å². The molecule has 1 N–H and O–H groups in total. The van der Waals surface area contributed by atoms with Gasteiger partial charge in [-0.3, -0.25) is 0 Å². The number of rotatable bonds is 3. The summed E-state index contributed by atoms with van der Waals surface area (Å²) in [7, 11) is 0. The van der Waals surface area contributed by atoms with E-state index in [0.29, 0.717) is 20.0 Å². The van der Waals surface area contributed by atoms with Crippen molar-refractivity contribution in [3.63, 3.8) is 0 Å². The normalized spacial score (nSPS) is 21.6. The second-order valence-corrected chi connectivity index (χ2v) is 5.29. The molecule has 5 heteroatoms. The molecule has 1 saturated heterocycles. The van der Waals surface area contributed by atoms with Gasteiger partial charge in [-0.2, -0.15) is 0 Å². The molecule has 0 aliphatic carbocycles. The zero-order valence-electron chi connectivity index (χ0n) is 11.3. The summed E-state index contributed by atoms with van der Waals surface area (Å²) in [4.78, 5) is 0. The van der Waals surface area contributed by atoms with Crippen LogP contribution < -0.4 is 14.8 Å². The van der Waals surface area contributed by atoms with Crippen LogP contribution in [0.15, 0.2) is 18.2 Å². The van der Waals surface area contributed by atoms with Crippen LogP contribution in [0, 0.1) is 0 Å². The van der Waals surface area contributed by atoms with E-state index in [-0.39, 0.29) is 6.04 Å². The minimum atomic E-state index is -0.461. The van der Waals surface area contributed by atoms with Gasteiger partial charge in [0.2, 0.25) is 6.79 Å².